The number of hydrogen-bond acceptors (Lipinski definition) is 4. The molecule has 3 rings (SSSR count). The maximum Gasteiger partial charge on any atom is 0.340 e. The zero-order valence-corrected chi connectivity index (χ0v) is 14.0. The zero-order valence-electron chi connectivity index (χ0n) is 14.0. The van der Waals surface area contributed by atoms with Gasteiger partial charge in [-0.25, -0.2) is 4.79 Å². The molecule has 0 unspecified atom stereocenters. The minimum absolute atomic E-state index is 0.179. The van der Waals surface area contributed by atoms with Crippen molar-refractivity contribution in [2.45, 2.75) is 20.8 Å². The van der Waals surface area contributed by atoms with E-state index in [4.69, 9.17) is 9.47 Å². The molecule has 0 saturated heterocycles. The highest BCUT2D eigenvalue weighted by Crippen LogP contribution is 2.32. The highest BCUT2D eigenvalue weighted by Gasteiger charge is 2.29. The maximum atomic E-state index is 13.0. The minimum atomic E-state index is -0.412. The molecule has 0 spiro atoms. The molecule has 6 heteroatoms. The molecule has 1 aromatic heterocycles. The van der Waals surface area contributed by atoms with E-state index in [9.17, 15) is 9.59 Å². The number of nitrogens with zero attached hydrogens (tertiary/aromatic N) is 1. The number of esters is 1. The van der Waals surface area contributed by atoms with Crippen LogP contribution in [0, 0.1) is 13.8 Å². The molecule has 1 aliphatic heterocycles. The molecule has 126 valence electrons. The summed E-state index contributed by atoms with van der Waals surface area (Å²) in [5.74, 6) is 0.0933. The summed E-state index contributed by atoms with van der Waals surface area (Å²) in [5.41, 5.74) is 2.82. The second kappa shape index (κ2) is 6.39. The van der Waals surface area contributed by atoms with E-state index < -0.39 is 5.97 Å². The third-order valence-corrected chi connectivity index (χ3v) is 4.10. The van der Waals surface area contributed by atoms with Crippen LogP contribution < -0.4 is 9.64 Å². The van der Waals surface area contributed by atoms with E-state index in [1.807, 2.05) is 24.3 Å². The number of aromatic amines is 1. The van der Waals surface area contributed by atoms with Crippen LogP contribution in [0.3, 0.4) is 0 Å². The first-order chi connectivity index (χ1) is 11.5. The largest absolute Gasteiger partial charge is 0.490 e. The van der Waals surface area contributed by atoms with Crippen molar-refractivity contribution in [3.63, 3.8) is 0 Å². The first-order valence-corrected chi connectivity index (χ1v) is 7.94. The molecule has 1 aromatic carbocycles. The summed E-state index contributed by atoms with van der Waals surface area (Å²) in [6.07, 6.45) is 0. The molecule has 0 fully saturated rings. The number of aryl methyl sites for hydroxylation is 1. The molecule has 0 aliphatic carbocycles. The number of aromatic nitrogens is 1. The third kappa shape index (κ3) is 2.64. The number of anilines is 1. The van der Waals surface area contributed by atoms with Gasteiger partial charge in [0, 0.05) is 5.69 Å². The highest BCUT2D eigenvalue weighted by molar-refractivity contribution is 6.09. The van der Waals surface area contributed by atoms with Crippen LogP contribution in [0.4, 0.5) is 5.69 Å². The number of fused-ring (bicyclic) bond motifs is 1. The van der Waals surface area contributed by atoms with Crippen molar-refractivity contribution in [3.8, 4) is 5.75 Å². The van der Waals surface area contributed by atoms with Gasteiger partial charge in [0.2, 0.25) is 0 Å². The third-order valence-electron chi connectivity index (χ3n) is 4.10. The molecule has 6 nitrogen and oxygen atoms in total. The topological polar surface area (TPSA) is 71.6 Å². The van der Waals surface area contributed by atoms with E-state index in [1.54, 1.807) is 25.7 Å². The van der Waals surface area contributed by atoms with Gasteiger partial charge in [-0.1, -0.05) is 12.1 Å². The van der Waals surface area contributed by atoms with Crippen molar-refractivity contribution in [1.29, 1.82) is 0 Å². The number of H-pyrrole nitrogens is 1. The Morgan fingerprint density at radius 1 is 1.29 bits per heavy atom. The van der Waals surface area contributed by atoms with Gasteiger partial charge in [-0.05, 0) is 38.5 Å². The summed E-state index contributed by atoms with van der Waals surface area (Å²) in [5, 5.41) is 0. The lowest BCUT2D eigenvalue weighted by Gasteiger charge is -2.29. The Labute approximate surface area is 140 Å². The molecule has 2 aromatic rings. The second-order valence-corrected chi connectivity index (χ2v) is 5.62. The normalized spacial score (nSPS) is 13.2. The van der Waals surface area contributed by atoms with Crippen LogP contribution in [-0.4, -0.2) is 36.6 Å². The number of hydrogen-bond donors (Lipinski definition) is 1. The molecule has 0 saturated carbocycles. The summed E-state index contributed by atoms with van der Waals surface area (Å²) in [4.78, 5) is 29.8. The fourth-order valence-corrected chi connectivity index (χ4v) is 2.99. The van der Waals surface area contributed by atoms with Crippen LogP contribution in [0.15, 0.2) is 24.3 Å². The summed E-state index contributed by atoms with van der Waals surface area (Å²) in [6, 6.07) is 7.43. The van der Waals surface area contributed by atoms with E-state index in [0.29, 0.717) is 48.0 Å². The predicted octanol–water partition coefficient (Wildman–Crippen LogP) is 2.85. The number of carbonyl (C=O) groups is 2. The number of carbonyl (C=O) groups excluding carboxylic acids is 2. The van der Waals surface area contributed by atoms with Crippen molar-refractivity contribution in [2.24, 2.45) is 0 Å². The number of nitrogens with one attached hydrogen (secondary N) is 1. The van der Waals surface area contributed by atoms with Crippen LogP contribution in [0.25, 0.3) is 0 Å². The van der Waals surface area contributed by atoms with Crippen LogP contribution in [0.2, 0.25) is 0 Å². The first-order valence-electron chi connectivity index (χ1n) is 7.94. The van der Waals surface area contributed by atoms with Crippen LogP contribution in [0.1, 0.15) is 39.0 Å². The average Bonchev–Trinajstić information content (AvgIpc) is 2.88. The van der Waals surface area contributed by atoms with Gasteiger partial charge in [0.15, 0.2) is 0 Å². The van der Waals surface area contributed by atoms with Gasteiger partial charge in [0.1, 0.15) is 18.1 Å². The Kier molecular flexibility index (Phi) is 4.29. The number of rotatable bonds is 3. The number of para-hydroxylation sites is 2. The van der Waals surface area contributed by atoms with Crippen LogP contribution in [-0.2, 0) is 4.74 Å². The standard InChI is InChI=1S/C18H20N2O4/c1-4-23-18(22)15-11(2)16(19-12(15)3)17(21)20-9-10-24-14-8-6-5-7-13(14)20/h5-8,19H,4,9-10H2,1-3H3. The molecule has 2 heterocycles. The number of ether oxygens (including phenoxy) is 2. The van der Waals surface area contributed by atoms with E-state index in [1.165, 1.54) is 0 Å². The maximum absolute atomic E-state index is 13.0. The summed E-state index contributed by atoms with van der Waals surface area (Å²) >= 11 is 0. The lowest BCUT2D eigenvalue weighted by Crippen LogP contribution is -2.38. The van der Waals surface area contributed by atoms with Gasteiger partial charge < -0.3 is 19.4 Å². The smallest absolute Gasteiger partial charge is 0.340 e. The molecule has 0 bridgehead atoms. The number of benzene rings is 1. The quantitative estimate of drug-likeness (QED) is 0.880. The Bertz CT molecular complexity index is 794. The fraction of sp³-hybridized carbons (Fsp3) is 0.333. The van der Waals surface area contributed by atoms with Gasteiger partial charge in [-0.15, -0.1) is 0 Å². The van der Waals surface area contributed by atoms with E-state index in [2.05, 4.69) is 4.98 Å². The molecule has 24 heavy (non-hydrogen) atoms. The van der Waals surface area contributed by atoms with Gasteiger partial charge >= 0.3 is 5.97 Å². The van der Waals surface area contributed by atoms with Crippen molar-refractivity contribution < 1.29 is 19.1 Å². The highest BCUT2D eigenvalue weighted by atomic mass is 16.5. The second-order valence-electron chi connectivity index (χ2n) is 5.62. The molecule has 0 atom stereocenters. The molecule has 1 amide bonds. The molecule has 0 radical (unpaired) electrons. The van der Waals surface area contributed by atoms with E-state index in [-0.39, 0.29) is 5.91 Å². The van der Waals surface area contributed by atoms with Crippen molar-refractivity contribution >= 4 is 17.6 Å². The lowest BCUT2D eigenvalue weighted by atomic mass is 10.1. The van der Waals surface area contributed by atoms with Crippen LogP contribution >= 0.6 is 0 Å². The Morgan fingerprint density at radius 2 is 2.04 bits per heavy atom. The van der Waals surface area contributed by atoms with Gasteiger partial charge in [-0.2, -0.15) is 0 Å². The predicted molar refractivity (Wildman–Crippen MR) is 89.8 cm³/mol. The summed E-state index contributed by atoms with van der Waals surface area (Å²) in [7, 11) is 0. The monoisotopic (exact) mass is 328 g/mol. The summed E-state index contributed by atoms with van der Waals surface area (Å²) < 4.78 is 10.7. The Hall–Kier alpha value is -2.76. The molecular formula is C18H20N2O4. The van der Waals surface area contributed by atoms with E-state index >= 15 is 0 Å². The van der Waals surface area contributed by atoms with Gasteiger partial charge in [0.05, 0.1) is 24.4 Å². The Balaban J connectivity index is 1.98. The lowest BCUT2D eigenvalue weighted by molar-refractivity contribution is 0.0525. The zero-order chi connectivity index (χ0) is 17.3. The van der Waals surface area contributed by atoms with E-state index in [0.717, 1.165) is 5.69 Å². The molecular weight excluding hydrogens is 308 g/mol. The van der Waals surface area contributed by atoms with Crippen molar-refractivity contribution in [1.82, 2.24) is 4.98 Å². The van der Waals surface area contributed by atoms with Crippen LogP contribution in [0.5, 0.6) is 5.75 Å². The average molecular weight is 328 g/mol. The molecule has 1 N–H and O–H groups in total. The SMILES string of the molecule is CCOC(=O)c1c(C)[nH]c(C(=O)N2CCOc3ccccc32)c1C. The van der Waals surface area contributed by atoms with Crippen molar-refractivity contribution in [2.75, 3.05) is 24.7 Å². The minimum Gasteiger partial charge on any atom is -0.490 e. The molecule has 1 aliphatic rings. The van der Waals surface area contributed by atoms with Gasteiger partial charge in [-0.3, -0.25) is 4.79 Å². The first kappa shape index (κ1) is 16.1. The Morgan fingerprint density at radius 3 is 2.79 bits per heavy atom. The van der Waals surface area contributed by atoms with Gasteiger partial charge in [0.25, 0.3) is 5.91 Å². The summed E-state index contributed by atoms with van der Waals surface area (Å²) in [6.45, 7) is 6.47. The fourth-order valence-electron chi connectivity index (χ4n) is 2.99. The number of amides is 1. The van der Waals surface area contributed by atoms with Crippen molar-refractivity contribution in [3.05, 3.63) is 46.8 Å².